The van der Waals surface area contributed by atoms with Gasteiger partial charge in [-0.05, 0) is 6.26 Å². The molecule has 0 fully saturated rings. The molecule has 0 aromatic heterocycles. The summed E-state index contributed by atoms with van der Waals surface area (Å²) in [6.45, 7) is 0.663. The maximum Gasteiger partial charge on any atom is 0.218 e. The van der Waals surface area contributed by atoms with Crippen molar-refractivity contribution in [1.29, 1.82) is 0 Å². The Kier molecular flexibility index (Phi) is 4.79. The van der Waals surface area contributed by atoms with Crippen LogP contribution in [-0.2, 0) is 4.79 Å². The van der Waals surface area contributed by atoms with Crippen molar-refractivity contribution in [2.45, 2.75) is 6.42 Å². The van der Waals surface area contributed by atoms with Crippen molar-refractivity contribution in [3.8, 4) is 0 Å². The van der Waals surface area contributed by atoms with Crippen LogP contribution in [-0.4, -0.2) is 18.7 Å². The molecule has 1 amide bonds. The van der Waals surface area contributed by atoms with E-state index in [4.69, 9.17) is 5.73 Å². The first kappa shape index (κ1) is 7.78. The third-order valence-electron chi connectivity index (χ3n) is 0.618. The zero-order chi connectivity index (χ0) is 6.41. The molecule has 0 unspecified atom stereocenters. The molecule has 0 saturated heterocycles. The van der Waals surface area contributed by atoms with Gasteiger partial charge < -0.3 is 5.73 Å². The second-order valence-electron chi connectivity index (χ2n) is 1.31. The van der Waals surface area contributed by atoms with Crippen LogP contribution in [0.3, 0.4) is 0 Å². The van der Waals surface area contributed by atoms with Gasteiger partial charge in [-0.15, -0.1) is 0 Å². The lowest BCUT2D eigenvalue weighted by atomic mass is 10.4. The number of hydrogen-bond donors (Lipinski definition) is 2. The van der Waals surface area contributed by atoms with Crippen LogP contribution in [0.5, 0.6) is 0 Å². The summed E-state index contributed by atoms with van der Waals surface area (Å²) in [4.78, 5) is 10.0. The number of hydrogen-bond acceptors (Lipinski definition) is 3. The lowest BCUT2D eigenvalue weighted by Gasteiger charge is -1.94. The van der Waals surface area contributed by atoms with E-state index < -0.39 is 0 Å². The number of rotatable bonds is 4. The second kappa shape index (κ2) is 4.93. The first-order valence-corrected chi connectivity index (χ1v) is 3.54. The second-order valence-corrected chi connectivity index (χ2v) is 2.01. The zero-order valence-electron chi connectivity index (χ0n) is 4.81. The molecule has 0 heterocycles. The summed E-state index contributed by atoms with van der Waals surface area (Å²) in [5, 5.41) is 0. The van der Waals surface area contributed by atoms with E-state index >= 15 is 0 Å². The van der Waals surface area contributed by atoms with Crippen molar-refractivity contribution in [3.05, 3.63) is 0 Å². The highest BCUT2D eigenvalue weighted by Gasteiger charge is 1.89. The minimum absolute atomic E-state index is 0.258. The van der Waals surface area contributed by atoms with Crippen LogP contribution < -0.4 is 10.5 Å². The number of nitrogens with two attached hydrogens (primary N) is 1. The largest absolute Gasteiger partial charge is 0.370 e. The Labute approximate surface area is 53.1 Å². The molecule has 0 aromatic carbocycles. The van der Waals surface area contributed by atoms with E-state index in [0.717, 1.165) is 0 Å². The van der Waals surface area contributed by atoms with Crippen molar-refractivity contribution in [3.63, 3.8) is 0 Å². The smallest absolute Gasteiger partial charge is 0.218 e. The van der Waals surface area contributed by atoms with Crippen LogP contribution in [0.1, 0.15) is 6.42 Å². The average Bonchev–Trinajstić information content (AvgIpc) is 1.66. The van der Waals surface area contributed by atoms with Gasteiger partial charge in [0.25, 0.3) is 0 Å². The summed E-state index contributed by atoms with van der Waals surface area (Å²) in [5.41, 5.74) is 4.85. The van der Waals surface area contributed by atoms with E-state index in [-0.39, 0.29) is 5.91 Å². The summed E-state index contributed by atoms with van der Waals surface area (Å²) in [6.07, 6.45) is 2.32. The van der Waals surface area contributed by atoms with Crippen LogP contribution in [0, 0.1) is 0 Å². The number of amides is 1. The summed E-state index contributed by atoms with van der Waals surface area (Å²) < 4.78 is 2.90. The lowest BCUT2D eigenvalue weighted by Crippen LogP contribution is -2.17. The molecule has 0 atom stereocenters. The number of nitrogens with one attached hydrogen (secondary N) is 1. The summed E-state index contributed by atoms with van der Waals surface area (Å²) in [5.74, 6) is -0.258. The third-order valence-corrected chi connectivity index (χ3v) is 1.11. The molecular formula is C4H10N2OS. The third kappa shape index (κ3) is 5.78. The van der Waals surface area contributed by atoms with Gasteiger partial charge in [0.2, 0.25) is 5.91 Å². The van der Waals surface area contributed by atoms with Gasteiger partial charge >= 0.3 is 0 Å². The fourth-order valence-corrected chi connectivity index (χ4v) is 0.582. The molecule has 0 rings (SSSR count). The van der Waals surface area contributed by atoms with Crippen LogP contribution in [0.25, 0.3) is 0 Å². The maximum atomic E-state index is 10.0. The molecule has 0 radical (unpaired) electrons. The molecule has 8 heavy (non-hydrogen) atoms. The predicted octanol–water partition coefficient (Wildman–Crippen LogP) is -0.271. The Morgan fingerprint density at radius 2 is 2.50 bits per heavy atom. The average molecular weight is 134 g/mol. The van der Waals surface area contributed by atoms with Gasteiger partial charge in [0.1, 0.15) is 0 Å². The Bertz CT molecular complexity index is 76.4. The number of primary amides is 1. The fraction of sp³-hybridized carbons (Fsp3) is 0.750. The fourth-order valence-electron chi connectivity index (χ4n) is 0.276. The lowest BCUT2D eigenvalue weighted by molar-refractivity contribution is -0.117. The van der Waals surface area contributed by atoms with Gasteiger partial charge in [-0.1, -0.05) is 11.9 Å². The van der Waals surface area contributed by atoms with E-state index in [1.165, 1.54) is 11.9 Å². The Balaban J connectivity index is 2.82. The zero-order valence-corrected chi connectivity index (χ0v) is 5.62. The highest BCUT2D eigenvalue weighted by Crippen LogP contribution is 1.81. The molecule has 4 heteroatoms. The SMILES string of the molecule is CSNCCC(N)=O. The van der Waals surface area contributed by atoms with Crippen LogP contribution >= 0.6 is 11.9 Å². The van der Waals surface area contributed by atoms with Crippen molar-refractivity contribution >= 4 is 17.9 Å². The van der Waals surface area contributed by atoms with E-state index in [0.29, 0.717) is 13.0 Å². The molecule has 0 aliphatic carbocycles. The van der Waals surface area contributed by atoms with Crippen molar-refractivity contribution in [1.82, 2.24) is 4.72 Å². The summed E-state index contributed by atoms with van der Waals surface area (Å²) >= 11 is 1.49. The van der Waals surface area contributed by atoms with E-state index in [1.807, 2.05) is 6.26 Å². The monoisotopic (exact) mass is 134 g/mol. The van der Waals surface area contributed by atoms with Gasteiger partial charge in [0, 0.05) is 13.0 Å². The quantitative estimate of drug-likeness (QED) is 0.411. The standard InChI is InChI=1S/C4H10N2OS/c1-8-6-3-2-4(5)7/h6H,2-3H2,1H3,(H2,5,7). The van der Waals surface area contributed by atoms with Gasteiger partial charge in [-0.25, -0.2) is 0 Å². The van der Waals surface area contributed by atoms with Crippen molar-refractivity contribution in [2.24, 2.45) is 5.73 Å². The van der Waals surface area contributed by atoms with Crippen LogP contribution in [0.4, 0.5) is 0 Å². The molecule has 3 N–H and O–H groups in total. The molecule has 3 nitrogen and oxygen atoms in total. The molecular weight excluding hydrogens is 124 g/mol. The van der Waals surface area contributed by atoms with Gasteiger partial charge in [0.15, 0.2) is 0 Å². The van der Waals surface area contributed by atoms with Gasteiger partial charge in [0.05, 0.1) is 0 Å². The maximum absolute atomic E-state index is 10.0. The molecule has 0 aromatic rings. The molecule has 0 bridgehead atoms. The van der Waals surface area contributed by atoms with Crippen LogP contribution in [0.15, 0.2) is 0 Å². The number of carbonyl (C=O) groups is 1. The van der Waals surface area contributed by atoms with Crippen molar-refractivity contribution in [2.75, 3.05) is 12.8 Å². The van der Waals surface area contributed by atoms with Gasteiger partial charge in [-0.2, -0.15) is 0 Å². The Morgan fingerprint density at radius 1 is 1.88 bits per heavy atom. The molecule has 0 saturated carbocycles. The van der Waals surface area contributed by atoms with E-state index in [9.17, 15) is 4.79 Å². The van der Waals surface area contributed by atoms with E-state index in [2.05, 4.69) is 4.72 Å². The summed E-state index contributed by atoms with van der Waals surface area (Å²) in [6, 6.07) is 0. The number of carbonyl (C=O) groups excluding carboxylic acids is 1. The molecule has 0 spiro atoms. The van der Waals surface area contributed by atoms with Gasteiger partial charge in [-0.3, -0.25) is 9.52 Å². The Hall–Kier alpha value is -0.220. The normalized spacial score (nSPS) is 9.12. The Morgan fingerprint density at radius 3 is 2.88 bits per heavy atom. The molecule has 0 aliphatic heterocycles. The molecule has 0 aliphatic rings. The topological polar surface area (TPSA) is 55.1 Å². The van der Waals surface area contributed by atoms with E-state index in [1.54, 1.807) is 0 Å². The van der Waals surface area contributed by atoms with Crippen LogP contribution in [0.2, 0.25) is 0 Å². The minimum atomic E-state index is -0.258. The summed E-state index contributed by atoms with van der Waals surface area (Å²) in [7, 11) is 0. The predicted molar refractivity (Wildman–Crippen MR) is 35.3 cm³/mol. The minimum Gasteiger partial charge on any atom is -0.370 e. The molecule has 48 valence electrons. The van der Waals surface area contributed by atoms with Crippen molar-refractivity contribution < 1.29 is 4.79 Å². The first-order chi connectivity index (χ1) is 3.77. The highest BCUT2D eigenvalue weighted by molar-refractivity contribution is 7.96. The first-order valence-electron chi connectivity index (χ1n) is 2.31. The highest BCUT2D eigenvalue weighted by atomic mass is 32.2.